The Kier molecular flexibility index (Phi) is 3.17. The highest BCUT2D eigenvalue weighted by molar-refractivity contribution is 6.32. The third-order valence-electron chi connectivity index (χ3n) is 1.54. The van der Waals surface area contributed by atoms with Crippen molar-refractivity contribution >= 4 is 17.4 Å². The second kappa shape index (κ2) is 4.16. The van der Waals surface area contributed by atoms with Crippen LogP contribution in [0.4, 0.5) is 5.82 Å². The van der Waals surface area contributed by atoms with Gasteiger partial charge in [-0.05, 0) is 12.8 Å². The molecule has 0 unspecified atom stereocenters. The van der Waals surface area contributed by atoms with Gasteiger partial charge in [0, 0.05) is 12.7 Å². The van der Waals surface area contributed by atoms with Crippen molar-refractivity contribution in [2.75, 3.05) is 5.73 Å². The van der Waals surface area contributed by atoms with Gasteiger partial charge in [0.2, 0.25) is 0 Å². The van der Waals surface area contributed by atoms with Crippen molar-refractivity contribution in [1.82, 2.24) is 9.78 Å². The van der Waals surface area contributed by atoms with Crippen LogP contribution in [-0.2, 0) is 6.54 Å². The molecule has 0 aliphatic heterocycles. The summed E-state index contributed by atoms with van der Waals surface area (Å²) in [6.07, 6.45) is 5.62. The lowest BCUT2D eigenvalue weighted by atomic mass is 10.3. The molecule has 0 bridgehead atoms. The Morgan fingerprint density at radius 1 is 1.75 bits per heavy atom. The van der Waals surface area contributed by atoms with Crippen molar-refractivity contribution in [1.29, 1.82) is 0 Å². The normalized spacial score (nSPS) is 10.1. The van der Waals surface area contributed by atoms with Crippen LogP contribution in [0.25, 0.3) is 0 Å². The van der Waals surface area contributed by atoms with Crippen molar-refractivity contribution in [3.8, 4) is 0 Å². The van der Waals surface area contributed by atoms with Crippen LogP contribution in [0.5, 0.6) is 0 Å². The molecule has 0 saturated heterocycles. The van der Waals surface area contributed by atoms with Crippen LogP contribution in [0.15, 0.2) is 18.9 Å². The van der Waals surface area contributed by atoms with Gasteiger partial charge in [-0.1, -0.05) is 17.7 Å². The van der Waals surface area contributed by atoms with E-state index in [1.807, 2.05) is 6.08 Å². The quantitative estimate of drug-likeness (QED) is 0.577. The zero-order chi connectivity index (χ0) is 8.97. The third-order valence-corrected chi connectivity index (χ3v) is 1.83. The fourth-order valence-corrected chi connectivity index (χ4v) is 1.07. The van der Waals surface area contributed by atoms with E-state index in [0.717, 1.165) is 19.4 Å². The van der Waals surface area contributed by atoms with E-state index in [2.05, 4.69) is 11.7 Å². The lowest BCUT2D eigenvalue weighted by Crippen LogP contribution is -1.98. The van der Waals surface area contributed by atoms with E-state index in [-0.39, 0.29) is 0 Å². The van der Waals surface area contributed by atoms with Gasteiger partial charge in [0.25, 0.3) is 0 Å². The molecule has 0 atom stereocenters. The van der Waals surface area contributed by atoms with Crippen LogP contribution in [-0.4, -0.2) is 9.78 Å². The highest BCUT2D eigenvalue weighted by atomic mass is 35.5. The molecule has 0 saturated carbocycles. The van der Waals surface area contributed by atoms with Crippen LogP contribution in [0.3, 0.4) is 0 Å². The highest BCUT2D eigenvalue weighted by Gasteiger charge is 2.00. The van der Waals surface area contributed by atoms with E-state index in [1.54, 1.807) is 10.9 Å². The molecule has 66 valence electrons. The van der Waals surface area contributed by atoms with Crippen molar-refractivity contribution < 1.29 is 0 Å². The van der Waals surface area contributed by atoms with E-state index in [0.29, 0.717) is 10.8 Å². The molecule has 0 fully saturated rings. The van der Waals surface area contributed by atoms with E-state index >= 15 is 0 Å². The monoisotopic (exact) mass is 185 g/mol. The Morgan fingerprint density at radius 3 is 3.00 bits per heavy atom. The number of halogens is 1. The Balaban J connectivity index is 2.47. The molecule has 4 heteroatoms. The average Bonchev–Trinajstić information content (AvgIpc) is 2.32. The second-order valence-electron chi connectivity index (χ2n) is 2.56. The first-order chi connectivity index (χ1) is 5.74. The first kappa shape index (κ1) is 9.13. The van der Waals surface area contributed by atoms with Crippen molar-refractivity contribution in [3.63, 3.8) is 0 Å². The van der Waals surface area contributed by atoms with E-state index in [9.17, 15) is 0 Å². The highest BCUT2D eigenvalue weighted by Crippen LogP contribution is 2.15. The van der Waals surface area contributed by atoms with Crippen LogP contribution in [0.1, 0.15) is 12.8 Å². The number of anilines is 1. The number of aryl methyl sites for hydroxylation is 1. The molecule has 1 aromatic rings. The summed E-state index contributed by atoms with van der Waals surface area (Å²) in [5.41, 5.74) is 5.46. The number of nitrogens with two attached hydrogens (primary N) is 1. The maximum Gasteiger partial charge on any atom is 0.164 e. The number of hydrogen-bond acceptors (Lipinski definition) is 2. The summed E-state index contributed by atoms with van der Waals surface area (Å²) in [4.78, 5) is 0. The van der Waals surface area contributed by atoms with Gasteiger partial charge in [-0.2, -0.15) is 5.10 Å². The molecule has 2 N–H and O–H groups in total. The first-order valence-electron chi connectivity index (χ1n) is 3.83. The number of rotatable bonds is 4. The molecule has 3 nitrogen and oxygen atoms in total. The standard InChI is InChI=1S/C8H12ClN3/c1-2-3-4-5-12-6-7(9)8(10)11-12/h2,6H,1,3-5H2,(H2,10,11). The number of unbranched alkanes of at least 4 members (excludes halogenated alkanes) is 1. The fraction of sp³-hybridized carbons (Fsp3) is 0.375. The van der Waals surface area contributed by atoms with Gasteiger partial charge < -0.3 is 5.73 Å². The molecule has 0 amide bonds. The molecular formula is C8H12ClN3. The summed E-state index contributed by atoms with van der Waals surface area (Å²) in [7, 11) is 0. The molecule has 0 spiro atoms. The number of nitrogens with zero attached hydrogens (tertiary/aromatic N) is 2. The SMILES string of the molecule is C=CCCCn1cc(Cl)c(N)n1. The molecule has 1 aromatic heterocycles. The lowest BCUT2D eigenvalue weighted by Gasteiger charge is -1.96. The van der Waals surface area contributed by atoms with Gasteiger partial charge in [0.1, 0.15) is 5.02 Å². The summed E-state index contributed by atoms with van der Waals surface area (Å²) in [6, 6.07) is 0. The Morgan fingerprint density at radius 2 is 2.50 bits per heavy atom. The minimum Gasteiger partial charge on any atom is -0.381 e. The van der Waals surface area contributed by atoms with Crippen molar-refractivity contribution in [3.05, 3.63) is 23.9 Å². The van der Waals surface area contributed by atoms with E-state index in [1.165, 1.54) is 0 Å². The number of aromatic nitrogens is 2. The fourth-order valence-electron chi connectivity index (χ4n) is 0.924. The van der Waals surface area contributed by atoms with Gasteiger partial charge >= 0.3 is 0 Å². The Hall–Kier alpha value is -0.960. The van der Waals surface area contributed by atoms with Gasteiger partial charge in [0.05, 0.1) is 0 Å². The molecule has 0 aliphatic rings. The van der Waals surface area contributed by atoms with Crippen molar-refractivity contribution in [2.45, 2.75) is 19.4 Å². The average molecular weight is 186 g/mol. The zero-order valence-electron chi connectivity index (χ0n) is 6.83. The summed E-state index contributed by atoms with van der Waals surface area (Å²) in [5, 5.41) is 4.53. The predicted octanol–water partition coefficient (Wildman–Crippen LogP) is 2.08. The first-order valence-corrected chi connectivity index (χ1v) is 4.21. The summed E-state index contributed by atoms with van der Waals surface area (Å²) >= 11 is 5.71. The Labute approximate surface area is 76.8 Å². The molecule has 0 aromatic carbocycles. The van der Waals surface area contributed by atoms with Crippen LogP contribution in [0.2, 0.25) is 5.02 Å². The van der Waals surface area contributed by atoms with E-state index in [4.69, 9.17) is 17.3 Å². The number of nitrogen functional groups attached to an aromatic ring is 1. The number of hydrogen-bond donors (Lipinski definition) is 1. The topological polar surface area (TPSA) is 43.8 Å². The third kappa shape index (κ3) is 2.27. The smallest absolute Gasteiger partial charge is 0.164 e. The second-order valence-corrected chi connectivity index (χ2v) is 2.96. The van der Waals surface area contributed by atoms with Crippen LogP contribution < -0.4 is 5.73 Å². The molecule has 1 rings (SSSR count). The summed E-state index contributed by atoms with van der Waals surface area (Å²) in [6.45, 7) is 4.47. The number of allylic oxidation sites excluding steroid dienone is 1. The van der Waals surface area contributed by atoms with Gasteiger partial charge in [0.15, 0.2) is 5.82 Å². The maximum absolute atomic E-state index is 5.71. The summed E-state index contributed by atoms with van der Waals surface area (Å²) in [5.74, 6) is 0.398. The predicted molar refractivity (Wildman–Crippen MR) is 51.1 cm³/mol. The van der Waals surface area contributed by atoms with Crippen LogP contribution in [0, 0.1) is 0 Å². The van der Waals surface area contributed by atoms with Gasteiger partial charge in [-0.3, -0.25) is 4.68 Å². The minimum absolute atomic E-state index is 0.398. The lowest BCUT2D eigenvalue weighted by molar-refractivity contribution is 0.586. The maximum atomic E-state index is 5.71. The summed E-state index contributed by atoms with van der Waals surface area (Å²) < 4.78 is 1.75. The molecule has 12 heavy (non-hydrogen) atoms. The zero-order valence-corrected chi connectivity index (χ0v) is 7.59. The Bertz CT molecular complexity index is 248. The molecule has 0 aliphatic carbocycles. The van der Waals surface area contributed by atoms with Crippen LogP contribution >= 0.6 is 11.6 Å². The molecular weight excluding hydrogens is 174 g/mol. The minimum atomic E-state index is 0.398. The molecule has 1 heterocycles. The van der Waals surface area contributed by atoms with Gasteiger partial charge in [-0.15, -0.1) is 6.58 Å². The van der Waals surface area contributed by atoms with E-state index < -0.39 is 0 Å². The molecule has 0 radical (unpaired) electrons. The van der Waals surface area contributed by atoms with Gasteiger partial charge in [-0.25, -0.2) is 0 Å². The largest absolute Gasteiger partial charge is 0.381 e. The van der Waals surface area contributed by atoms with Crippen molar-refractivity contribution in [2.24, 2.45) is 0 Å².